The van der Waals surface area contributed by atoms with Gasteiger partial charge >= 0.3 is 6.18 Å². The van der Waals surface area contributed by atoms with Gasteiger partial charge in [0.15, 0.2) is 11.0 Å². The number of alkyl halides is 3. The molecule has 1 heterocycles. The summed E-state index contributed by atoms with van der Waals surface area (Å²) < 4.78 is 38.5. The molecule has 0 bridgehead atoms. The third-order valence-corrected chi connectivity index (χ3v) is 3.17. The van der Waals surface area contributed by atoms with Gasteiger partial charge in [0.05, 0.1) is 5.56 Å². The van der Waals surface area contributed by atoms with E-state index in [2.05, 4.69) is 20.3 Å². The Morgan fingerprint density at radius 2 is 2.15 bits per heavy atom. The second-order valence-electron chi connectivity index (χ2n) is 3.58. The summed E-state index contributed by atoms with van der Waals surface area (Å²) in [6.45, 7) is 0. The van der Waals surface area contributed by atoms with E-state index in [-0.39, 0.29) is 0 Å². The second-order valence-corrected chi connectivity index (χ2v) is 4.65. The summed E-state index contributed by atoms with van der Waals surface area (Å²) in [7, 11) is 0. The molecule has 0 spiro atoms. The largest absolute Gasteiger partial charge is 0.417 e. The molecule has 6 nitrogen and oxygen atoms in total. The molecular formula is C10H8F3N5OS. The third kappa shape index (κ3) is 3.02. The maximum atomic E-state index is 12.8. The molecule has 20 heavy (non-hydrogen) atoms. The Morgan fingerprint density at radius 1 is 1.40 bits per heavy atom. The molecule has 0 saturated carbocycles. The number of hydrogen-bond donors (Lipinski definition) is 3. The van der Waals surface area contributed by atoms with Gasteiger partial charge in [-0.15, -0.1) is 0 Å². The first-order valence-electron chi connectivity index (χ1n) is 5.14. The third-order valence-electron chi connectivity index (χ3n) is 2.29. The highest BCUT2D eigenvalue weighted by Gasteiger charge is 2.34. The van der Waals surface area contributed by atoms with Crippen LogP contribution in [0.15, 0.2) is 39.7 Å². The fourth-order valence-corrected chi connectivity index (χ4v) is 2.19. The molecule has 4 N–H and O–H groups in total. The van der Waals surface area contributed by atoms with E-state index in [0.717, 1.165) is 17.8 Å². The minimum absolute atomic E-state index is 0.399. The molecule has 0 radical (unpaired) electrons. The normalized spacial score (nSPS) is 12.7. The molecule has 0 amide bonds. The molecule has 106 valence electrons. The Morgan fingerprint density at radius 3 is 2.70 bits per heavy atom. The lowest BCUT2D eigenvalue weighted by Crippen LogP contribution is -2.20. The second kappa shape index (κ2) is 5.41. The molecule has 1 aromatic heterocycles. The van der Waals surface area contributed by atoms with Crippen molar-refractivity contribution in [2.45, 2.75) is 16.2 Å². The van der Waals surface area contributed by atoms with Crippen molar-refractivity contribution >= 4 is 17.6 Å². The van der Waals surface area contributed by atoms with Gasteiger partial charge in [0.1, 0.15) is 6.33 Å². The van der Waals surface area contributed by atoms with Crippen LogP contribution in [0.5, 0.6) is 0 Å². The van der Waals surface area contributed by atoms with Crippen molar-refractivity contribution in [1.29, 1.82) is 0 Å². The molecule has 0 aliphatic heterocycles. The number of oxime groups is 1. The number of H-pyrrole nitrogens is 1. The standard InChI is InChI=1S/C10H8F3N5OS/c11-10(12,13)7-2-1-5(3-6(7)8(14)18-19)20-9-15-4-16-17-9/h1-4,19H,(H2,14,18)(H,15,16,17). The summed E-state index contributed by atoms with van der Waals surface area (Å²) in [6.07, 6.45) is -3.32. The molecule has 0 aliphatic rings. The van der Waals surface area contributed by atoms with Crippen LogP contribution in [0.25, 0.3) is 0 Å². The van der Waals surface area contributed by atoms with E-state index in [1.54, 1.807) is 0 Å². The van der Waals surface area contributed by atoms with Gasteiger partial charge in [0, 0.05) is 10.5 Å². The molecule has 2 rings (SSSR count). The van der Waals surface area contributed by atoms with Gasteiger partial charge in [-0.2, -0.15) is 18.3 Å². The maximum Gasteiger partial charge on any atom is 0.417 e. The van der Waals surface area contributed by atoms with Gasteiger partial charge < -0.3 is 10.9 Å². The number of rotatable bonds is 3. The van der Waals surface area contributed by atoms with Crippen molar-refractivity contribution in [2.75, 3.05) is 0 Å². The van der Waals surface area contributed by atoms with Crippen LogP contribution in [-0.4, -0.2) is 26.2 Å². The van der Waals surface area contributed by atoms with E-state index < -0.39 is 23.1 Å². The lowest BCUT2D eigenvalue weighted by molar-refractivity contribution is -0.137. The highest BCUT2D eigenvalue weighted by atomic mass is 32.2. The van der Waals surface area contributed by atoms with E-state index >= 15 is 0 Å². The van der Waals surface area contributed by atoms with Gasteiger partial charge in [-0.05, 0) is 18.2 Å². The highest BCUT2D eigenvalue weighted by Crippen LogP contribution is 2.35. The van der Waals surface area contributed by atoms with Crippen molar-refractivity contribution in [3.63, 3.8) is 0 Å². The number of nitrogens with zero attached hydrogens (tertiary/aromatic N) is 3. The predicted molar refractivity (Wildman–Crippen MR) is 64.5 cm³/mol. The van der Waals surface area contributed by atoms with Gasteiger partial charge in [0.25, 0.3) is 0 Å². The number of aromatic amines is 1. The molecular weight excluding hydrogens is 295 g/mol. The fraction of sp³-hybridized carbons (Fsp3) is 0.100. The van der Waals surface area contributed by atoms with Crippen molar-refractivity contribution in [2.24, 2.45) is 10.9 Å². The zero-order valence-electron chi connectivity index (χ0n) is 9.72. The first-order chi connectivity index (χ1) is 9.41. The Bertz CT molecular complexity index is 626. The molecule has 0 fully saturated rings. The summed E-state index contributed by atoms with van der Waals surface area (Å²) in [6, 6.07) is 3.31. The lowest BCUT2D eigenvalue weighted by Gasteiger charge is -2.12. The number of nitrogens with one attached hydrogen (secondary N) is 1. The van der Waals surface area contributed by atoms with Crippen molar-refractivity contribution in [3.05, 3.63) is 35.7 Å². The minimum Gasteiger partial charge on any atom is -0.409 e. The quantitative estimate of drug-likeness (QED) is 0.349. The molecule has 0 aliphatic carbocycles. The van der Waals surface area contributed by atoms with E-state index in [0.29, 0.717) is 10.1 Å². The SMILES string of the molecule is N/C(=N/O)c1cc(Sc2ncn[nH]2)ccc1C(F)(F)F. The molecule has 2 aromatic rings. The van der Waals surface area contributed by atoms with Crippen LogP contribution < -0.4 is 5.73 Å². The number of aromatic nitrogens is 3. The molecule has 0 atom stereocenters. The van der Waals surface area contributed by atoms with Gasteiger partial charge in [0.2, 0.25) is 0 Å². The van der Waals surface area contributed by atoms with Crippen LogP contribution in [0.1, 0.15) is 11.1 Å². The molecule has 0 unspecified atom stereocenters. The molecule has 0 saturated heterocycles. The number of nitrogens with two attached hydrogens (primary N) is 1. The predicted octanol–water partition coefficient (Wildman–Crippen LogP) is 2.07. The smallest absolute Gasteiger partial charge is 0.409 e. The Hall–Kier alpha value is -2.23. The highest BCUT2D eigenvalue weighted by molar-refractivity contribution is 7.99. The zero-order chi connectivity index (χ0) is 14.8. The van der Waals surface area contributed by atoms with Crippen LogP contribution in [-0.2, 0) is 6.18 Å². The first-order valence-corrected chi connectivity index (χ1v) is 5.96. The summed E-state index contributed by atoms with van der Waals surface area (Å²) in [5.41, 5.74) is 3.91. The summed E-state index contributed by atoms with van der Waals surface area (Å²) >= 11 is 1.07. The number of amidine groups is 1. The monoisotopic (exact) mass is 303 g/mol. The Labute approximate surface area is 114 Å². The van der Waals surface area contributed by atoms with E-state index in [4.69, 9.17) is 10.9 Å². The van der Waals surface area contributed by atoms with Crippen molar-refractivity contribution in [1.82, 2.24) is 15.2 Å². The van der Waals surface area contributed by atoms with Crippen LogP contribution in [0.4, 0.5) is 13.2 Å². The summed E-state index contributed by atoms with van der Waals surface area (Å²) in [5, 5.41) is 17.8. The van der Waals surface area contributed by atoms with Gasteiger partial charge in [-0.1, -0.05) is 16.9 Å². The average Bonchev–Trinajstić information content (AvgIpc) is 2.89. The van der Waals surface area contributed by atoms with Crippen LogP contribution >= 0.6 is 11.8 Å². The summed E-state index contributed by atoms with van der Waals surface area (Å²) in [4.78, 5) is 4.28. The topological polar surface area (TPSA) is 100 Å². The average molecular weight is 303 g/mol. The number of halogens is 3. The lowest BCUT2D eigenvalue weighted by atomic mass is 10.1. The number of benzene rings is 1. The van der Waals surface area contributed by atoms with Crippen molar-refractivity contribution < 1.29 is 18.4 Å². The molecule has 10 heteroatoms. The zero-order valence-corrected chi connectivity index (χ0v) is 10.5. The van der Waals surface area contributed by atoms with E-state index in [1.807, 2.05) is 0 Å². The van der Waals surface area contributed by atoms with Gasteiger partial charge in [-0.3, -0.25) is 5.10 Å². The number of hydrogen-bond acceptors (Lipinski definition) is 5. The fourth-order valence-electron chi connectivity index (χ4n) is 1.45. The first kappa shape index (κ1) is 14.2. The molecule has 1 aromatic carbocycles. The Balaban J connectivity index is 2.43. The van der Waals surface area contributed by atoms with Crippen LogP contribution in [0.3, 0.4) is 0 Å². The van der Waals surface area contributed by atoms with Crippen LogP contribution in [0, 0.1) is 0 Å². The summed E-state index contributed by atoms with van der Waals surface area (Å²) in [5.74, 6) is -0.614. The minimum atomic E-state index is -4.60. The van der Waals surface area contributed by atoms with Gasteiger partial charge in [-0.25, -0.2) is 4.98 Å². The maximum absolute atomic E-state index is 12.8. The van der Waals surface area contributed by atoms with Crippen molar-refractivity contribution in [3.8, 4) is 0 Å². The Kier molecular flexibility index (Phi) is 3.84. The van der Waals surface area contributed by atoms with E-state index in [9.17, 15) is 13.2 Å². The van der Waals surface area contributed by atoms with E-state index in [1.165, 1.54) is 18.5 Å². The van der Waals surface area contributed by atoms with Crippen LogP contribution in [0.2, 0.25) is 0 Å².